The fourth-order valence-corrected chi connectivity index (χ4v) is 4.56. The highest BCUT2D eigenvalue weighted by Gasteiger charge is 2.35. The quantitative estimate of drug-likeness (QED) is 0.409. The summed E-state index contributed by atoms with van der Waals surface area (Å²) in [5.41, 5.74) is 2.53. The van der Waals surface area contributed by atoms with E-state index in [9.17, 15) is 0 Å². The molecule has 1 unspecified atom stereocenters. The van der Waals surface area contributed by atoms with Crippen LogP contribution in [-0.2, 0) is 12.1 Å². The van der Waals surface area contributed by atoms with Gasteiger partial charge in [0, 0.05) is 38.1 Å². The number of furan rings is 1. The molecule has 174 valence electrons. The number of rotatable bonds is 5. The number of hydrogen-bond donors (Lipinski definition) is 0. The van der Waals surface area contributed by atoms with Gasteiger partial charge in [0.25, 0.3) is 0 Å². The zero-order chi connectivity index (χ0) is 23.7. The lowest BCUT2D eigenvalue weighted by molar-refractivity contribution is 0.0906. The molecule has 1 atom stereocenters. The second kappa shape index (κ2) is 9.01. The molecule has 0 radical (unpaired) electrons. The molecule has 1 aliphatic rings. The minimum atomic E-state index is -0.248. The zero-order valence-electron chi connectivity index (χ0n) is 19.8. The Bertz CT molecular complexity index is 1270. The van der Waals surface area contributed by atoms with Gasteiger partial charge in [0.2, 0.25) is 0 Å². The monoisotopic (exact) mass is 455 g/mol. The zero-order valence-corrected chi connectivity index (χ0v) is 19.8. The van der Waals surface area contributed by atoms with Crippen molar-refractivity contribution in [3.63, 3.8) is 0 Å². The number of fused-ring (bicyclic) bond motifs is 1. The van der Waals surface area contributed by atoms with E-state index in [4.69, 9.17) is 11.0 Å². The molecule has 2 aromatic carbocycles. The summed E-state index contributed by atoms with van der Waals surface area (Å²) < 4.78 is 8.24. The van der Waals surface area contributed by atoms with E-state index in [2.05, 4.69) is 75.2 Å². The number of benzene rings is 2. The molecule has 0 saturated carbocycles. The fourth-order valence-electron chi connectivity index (χ4n) is 4.56. The Balaban J connectivity index is 1.40. The second-order valence-corrected chi connectivity index (χ2v) is 9.80. The van der Waals surface area contributed by atoms with Crippen molar-refractivity contribution in [1.29, 1.82) is 0 Å². The summed E-state index contributed by atoms with van der Waals surface area (Å²) in [4.78, 5) is 8.35. The van der Waals surface area contributed by atoms with Crippen LogP contribution in [0.4, 0.5) is 5.69 Å². The molecule has 8 nitrogen and oxygen atoms in total. The van der Waals surface area contributed by atoms with Crippen molar-refractivity contribution < 1.29 is 4.42 Å². The minimum Gasteiger partial charge on any atom is -0.459 e. The van der Waals surface area contributed by atoms with Crippen LogP contribution >= 0.6 is 0 Å². The topological polar surface area (TPSA) is 67.6 Å². The van der Waals surface area contributed by atoms with Crippen LogP contribution in [0.3, 0.4) is 0 Å². The Kier molecular flexibility index (Phi) is 5.90. The summed E-state index contributed by atoms with van der Waals surface area (Å²) in [7, 11) is 0. The summed E-state index contributed by atoms with van der Waals surface area (Å²) >= 11 is 0. The smallest absolute Gasteiger partial charge is 0.187 e. The van der Waals surface area contributed by atoms with Gasteiger partial charge in [0.1, 0.15) is 17.4 Å². The number of nitrogens with zero attached hydrogens (tertiary/aromatic N) is 7. The lowest BCUT2D eigenvalue weighted by Crippen LogP contribution is -2.48. The summed E-state index contributed by atoms with van der Waals surface area (Å²) in [6, 6.07) is 17.9. The van der Waals surface area contributed by atoms with Crippen molar-refractivity contribution in [3.05, 3.63) is 83.2 Å². The number of para-hydroxylation sites is 1. The Morgan fingerprint density at radius 1 is 1.03 bits per heavy atom. The van der Waals surface area contributed by atoms with Crippen molar-refractivity contribution in [2.45, 2.75) is 38.9 Å². The van der Waals surface area contributed by atoms with Gasteiger partial charge in [-0.25, -0.2) is 9.53 Å². The van der Waals surface area contributed by atoms with E-state index in [1.54, 1.807) is 0 Å². The molecule has 2 aromatic heterocycles. The van der Waals surface area contributed by atoms with E-state index in [0.717, 1.165) is 55.3 Å². The molecule has 0 N–H and O–H groups in total. The van der Waals surface area contributed by atoms with Gasteiger partial charge in [0.05, 0.1) is 12.1 Å². The number of tetrazole rings is 1. The van der Waals surface area contributed by atoms with Crippen molar-refractivity contribution >= 4 is 16.7 Å². The number of hydrogen-bond acceptors (Lipinski definition) is 6. The van der Waals surface area contributed by atoms with Gasteiger partial charge in [-0.1, -0.05) is 42.5 Å². The Morgan fingerprint density at radius 3 is 2.44 bits per heavy atom. The number of aromatic nitrogens is 4. The molecule has 1 fully saturated rings. The first-order chi connectivity index (χ1) is 16.4. The summed E-state index contributed by atoms with van der Waals surface area (Å²) in [5.74, 6) is 1.67. The third-order valence-corrected chi connectivity index (χ3v) is 6.33. The van der Waals surface area contributed by atoms with Crippen LogP contribution in [0.15, 0.2) is 59.0 Å². The van der Waals surface area contributed by atoms with Gasteiger partial charge < -0.3 is 4.42 Å². The molecule has 0 aliphatic carbocycles. The molecule has 34 heavy (non-hydrogen) atoms. The molecule has 3 heterocycles. The van der Waals surface area contributed by atoms with Crippen molar-refractivity contribution in [1.82, 2.24) is 30.0 Å². The third kappa shape index (κ3) is 4.45. The molecular weight excluding hydrogens is 426 g/mol. The number of piperazine rings is 1. The maximum atomic E-state index is 7.13. The predicted molar refractivity (Wildman–Crippen MR) is 130 cm³/mol. The van der Waals surface area contributed by atoms with Crippen LogP contribution in [0.25, 0.3) is 15.8 Å². The Labute approximate surface area is 199 Å². The molecular formula is C26H29N7O. The van der Waals surface area contributed by atoms with Crippen molar-refractivity contribution in [2.24, 2.45) is 0 Å². The van der Waals surface area contributed by atoms with Gasteiger partial charge >= 0.3 is 0 Å². The highest BCUT2D eigenvalue weighted by molar-refractivity contribution is 5.77. The molecule has 1 aliphatic heterocycles. The highest BCUT2D eigenvalue weighted by atomic mass is 16.3. The third-order valence-electron chi connectivity index (χ3n) is 6.33. The summed E-state index contributed by atoms with van der Waals surface area (Å²) in [5, 5.41) is 13.9. The van der Waals surface area contributed by atoms with Gasteiger partial charge in [-0.2, -0.15) is 0 Å². The summed E-state index contributed by atoms with van der Waals surface area (Å²) in [6.07, 6.45) is 0. The van der Waals surface area contributed by atoms with Crippen LogP contribution in [0.1, 0.15) is 44.0 Å². The Morgan fingerprint density at radius 2 is 1.76 bits per heavy atom. The van der Waals surface area contributed by atoms with Crippen LogP contribution in [0.5, 0.6) is 0 Å². The Hall–Kier alpha value is -3.54. The molecule has 1 saturated heterocycles. The SMILES string of the molecule is [C-]#[N+]c1ccc(CN2CCN(C(c3cc4ccccc4o3)c3nnnn3C(C)(C)C)CC2)cc1. The molecule has 0 bridgehead atoms. The molecule has 0 amide bonds. The normalized spacial score (nSPS) is 16.5. The molecule has 0 spiro atoms. The fraction of sp³-hybridized carbons (Fsp3) is 0.385. The second-order valence-electron chi connectivity index (χ2n) is 9.80. The average molecular weight is 456 g/mol. The minimum absolute atomic E-state index is 0.165. The summed E-state index contributed by atoms with van der Waals surface area (Å²) in [6.45, 7) is 17.9. The van der Waals surface area contributed by atoms with Gasteiger partial charge in [-0.3, -0.25) is 9.80 Å². The van der Waals surface area contributed by atoms with Crippen LogP contribution in [0.2, 0.25) is 0 Å². The van der Waals surface area contributed by atoms with E-state index in [-0.39, 0.29) is 11.6 Å². The van der Waals surface area contributed by atoms with Gasteiger partial charge in [0.15, 0.2) is 11.5 Å². The highest BCUT2D eigenvalue weighted by Crippen LogP contribution is 2.34. The van der Waals surface area contributed by atoms with Crippen molar-refractivity contribution in [2.75, 3.05) is 26.2 Å². The standard InChI is InChI=1S/C26H29N7O/c1-26(2,3)33-25(28-29-30-33)24(23-17-20-7-5-6-8-22(20)34-23)32-15-13-31(14-16-32)18-19-9-11-21(27-4)12-10-19/h5-12,17,24H,13-16,18H2,1-3H3. The van der Waals surface area contributed by atoms with E-state index in [1.165, 1.54) is 5.56 Å². The lowest BCUT2D eigenvalue weighted by atomic mass is 10.1. The maximum Gasteiger partial charge on any atom is 0.187 e. The van der Waals surface area contributed by atoms with Crippen molar-refractivity contribution in [3.8, 4) is 0 Å². The first kappa shape index (κ1) is 22.3. The van der Waals surface area contributed by atoms with Crippen LogP contribution in [0, 0.1) is 6.57 Å². The van der Waals surface area contributed by atoms with Gasteiger partial charge in [-0.05, 0) is 48.9 Å². The van der Waals surface area contributed by atoms with Gasteiger partial charge in [-0.15, -0.1) is 5.10 Å². The molecule has 4 aromatic rings. The first-order valence-electron chi connectivity index (χ1n) is 11.6. The first-order valence-corrected chi connectivity index (χ1v) is 11.6. The van der Waals surface area contributed by atoms with E-state index < -0.39 is 0 Å². The maximum absolute atomic E-state index is 7.13. The molecule has 5 rings (SSSR count). The molecule has 8 heteroatoms. The predicted octanol–water partition coefficient (Wildman–Crippen LogP) is 4.63. The van der Waals surface area contributed by atoms with Crippen LogP contribution in [-0.4, -0.2) is 56.2 Å². The van der Waals surface area contributed by atoms with E-state index in [1.807, 2.05) is 35.0 Å². The van der Waals surface area contributed by atoms with E-state index in [0.29, 0.717) is 5.69 Å². The largest absolute Gasteiger partial charge is 0.459 e. The van der Waals surface area contributed by atoms with Crippen LogP contribution < -0.4 is 0 Å². The lowest BCUT2D eigenvalue weighted by Gasteiger charge is -2.38. The van der Waals surface area contributed by atoms with E-state index >= 15 is 0 Å². The average Bonchev–Trinajstić information content (AvgIpc) is 3.48.